The zero-order valence-electron chi connectivity index (χ0n) is 13.4. The molecule has 4 rings (SSSR count). The first-order chi connectivity index (χ1) is 12.1. The molecule has 2 aliphatic heterocycles. The van der Waals surface area contributed by atoms with E-state index in [-0.39, 0.29) is 10.8 Å². The average molecular weight is 371 g/mol. The molecule has 0 saturated carbocycles. The van der Waals surface area contributed by atoms with Crippen LogP contribution >= 0.6 is 11.3 Å². The second-order valence-electron chi connectivity index (χ2n) is 6.25. The van der Waals surface area contributed by atoms with Crippen molar-refractivity contribution in [1.29, 1.82) is 5.26 Å². The summed E-state index contributed by atoms with van der Waals surface area (Å²) in [5, 5.41) is 14.9. The van der Waals surface area contributed by atoms with Crippen molar-refractivity contribution in [3.8, 4) is 6.07 Å². The first kappa shape index (κ1) is 16.3. The summed E-state index contributed by atoms with van der Waals surface area (Å²) in [5.74, 6) is 0.182. The van der Waals surface area contributed by atoms with Gasteiger partial charge in [0, 0.05) is 29.5 Å². The Morgan fingerprint density at radius 2 is 2.00 bits per heavy atom. The van der Waals surface area contributed by atoms with Crippen LogP contribution in [0.25, 0.3) is 0 Å². The third kappa shape index (κ3) is 2.76. The Bertz CT molecular complexity index is 930. The number of nitrogens with zero attached hydrogens (tertiary/aromatic N) is 2. The molecule has 1 saturated heterocycles. The van der Waals surface area contributed by atoms with Crippen LogP contribution in [0.3, 0.4) is 0 Å². The number of fused-ring (bicyclic) bond motifs is 1. The van der Waals surface area contributed by atoms with Crippen molar-refractivity contribution in [2.24, 2.45) is 5.92 Å². The van der Waals surface area contributed by atoms with E-state index in [1.807, 2.05) is 11.4 Å². The van der Waals surface area contributed by atoms with E-state index in [4.69, 9.17) is 0 Å². The van der Waals surface area contributed by atoms with E-state index < -0.39 is 16.2 Å². The Labute approximate surface area is 151 Å². The summed E-state index contributed by atoms with van der Waals surface area (Å²) in [7, 11) is -3.68. The van der Waals surface area contributed by atoms with Gasteiger partial charge in [0.05, 0.1) is 16.5 Å². The molecule has 3 unspecified atom stereocenters. The molecule has 2 aromatic rings. The van der Waals surface area contributed by atoms with E-state index in [9.17, 15) is 13.7 Å². The molecule has 2 aliphatic rings. The van der Waals surface area contributed by atoms with Gasteiger partial charge in [0.15, 0.2) is 0 Å². The number of hydrogen-bond donors (Lipinski definition) is 1. The lowest BCUT2D eigenvalue weighted by atomic mass is 9.84. The highest BCUT2D eigenvalue weighted by Crippen LogP contribution is 2.41. The Hall–Kier alpha value is -2.14. The number of rotatable bonds is 3. The highest BCUT2D eigenvalue weighted by molar-refractivity contribution is 7.89. The van der Waals surface area contributed by atoms with E-state index in [0.717, 1.165) is 6.42 Å². The fourth-order valence-electron chi connectivity index (χ4n) is 3.59. The SMILES string of the molecule is N#CC1=CN(S(=O)(=O)c2ccccc2)C2NCC(c3cccs3)CC12. The zero-order valence-corrected chi connectivity index (χ0v) is 15.0. The monoisotopic (exact) mass is 371 g/mol. The molecule has 0 amide bonds. The van der Waals surface area contributed by atoms with Gasteiger partial charge in [0.1, 0.15) is 6.17 Å². The predicted octanol–water partition coefficient (Wildman–Crippen LogP) is 2.88. The van der Waals surface area contributed by atoms with Gasteiger partial charge in [-0.3, -0.25) is 9.62 Å². The summed E-state index contributed by atoms with van der Waals surface area (Å²) in [4.78, 5) is 1.51. The van der Waals surface area contributed by atoms with Gasteiger partial charge in [-0.1, -0.05) is 24.3 Å². The van der Waals surface area contributed by atoms with Gasteiger partial charge >= 0.3 is 0 Å². The van der Waals surface area contributed by atoms with Crippen LogP contribution in [0.1, 0.15) is 17.2 Å². The van der Waals surface area contributed by atoms with Gasteiger partial charge in [-0.15, -0.1) is 11.3 Å². The van der Waals surface area contributed by atoms with Gasteiger partial charge in [0.2, 0.25) is 0 Å². The normalized spacial score (nSPS) is 26.0. The van der Waals surface area contributed by atoms with E-state index in [1.54, 1.807) is 41.7 Å². The molecule has 25 heavy (non-hydrogen) atoms. The van der Waals surface area contributed by atoms with Crippen LogP contribution < -0.4 is 5.32 Å². The molecule has 0 bridgehead atoms. The highest BCUT2D eigenvalue weighted by Gasteiger charge is 2.45. The maximum Gasteiger partial charge on any atom is 0.265 e. The molecule has 0 aliphatic carbocycles. The fraction of sp³-hybridized carbons (Fsp3) is 0.278. The van der Waals surface area contributed by atoms with Crippen LogP contribution in [0.4, 0.5) is 0 Å². The Morgan fingerprint density at radius 1 is 1.20 bits per heavy atom. The van der Waals surface area contributed by atoms with Crippen molar-refractivity contribution in [1.82, 2.24) is 9.62 Å². The predicted molar refractivity (Wildman–Crippen MR) is 96.1 cm³/mol. The van der Waals surface area contributed by atoms with E-state index in [0.29, 0.717) is 18.0 Å². The number of thiophene rings is 1. The topological polar surface area (TPSA) is 73.2 Å². The minimum Gasteiger partial charge on any atom is -0.295 e. The highest BCUT2D eigenvalue weighted by atomic mass is 32.2. The lowest BCUT2D eigenvalue weighted by Crippen LogP contribution is -2.51. The van der Waals surface area contributed by atoms with Crippen LogP contribution in [-0.2, 0) is 10.0 Å². The molecule has 0 radical (unpaired) electrons. The van der Waals surface area contributed by atoms with Gasteiger partial charge in [-0.2, -0.15) is 5.26 Å². The average Bonchev–Trinajstić information content (AvgIpc) is 3.30. The molecule has 1 N–H and O–H groups in total. The quantitative estimate of drug-likeness (QED) is 0.900. The minimum atomic E-state index is -3.68. The Balaban J connectivity index is 1.65. The molecule has 1 aromatic heterocycles. The van der Waals surface area contributed by atoms with E-state index in [1.165, 1.54) is 15.4 Å². The second-order valence-corrected chi connectivity index (χ2v) is 9.07. The van der Waals surface area contributed by atoms with Crippen LogP contribution in [0.5, 0.6) is 0 Å². The lowest BCUT2D eigenvalue weighted by molar-refractivity contribution is 0.230. The third-order valence-electron chi connectivity index (χ3n) is 4.83. The van der Waals surface area contributed by atoms with Crippen LogP contribution in [0.15, 0.2) is 64.5 Å². The summed E-state index contributed by atoms with van der Waals surface area (Å²) in [5.41, 5.74) is 0.526. The third-order valence-corrected chi connectivity index (χ3v) is 7.62. The fourth-order valence-corrected chi connectivity index (χ4v) is 5.95. The number of sulfonamides is 1. The lowest BCUT2D eigenvalue weighted by Gasteiger charge is -2.37. The zero-order chi connectivity index (χ0) is 17.4. The number of nitrogens with one attached hydrogen (secondary N) is 1. The van der Waals surface area contributed by atoms with Crippen molar-refractivity contribution >= 4 is 21.4 Å². The molecule has 3 atom stereocenters. The first-order valence-corrected chi connectivity index (χ1v) is 10.4. The van der Waals surface area contributed by atoms with Crippen LogP contribution in [-0.4, -0.2) is 25.4 Å². The number of hydrogen-bond acceptors (Lipinski definition) is 5. The van der Waals surface area contributed by atoms with Gasteiger partial charge in [-0.25, -0.2) is 8.42 Å². The molecule has 5 nitrogen and oxygen atoms in total. The van der Waals surface area contributed by atoms with Gasteiger partial charge < -0.3 is 0 Å². The summed E-state index contributed by atoms with van der Waals surface area (Å²) in [6.45, 7) is 0.703. The molecule has 128 valence electrons. The molecule has 7 heteroatoms. The Kier molecular flexibility index (Phi) is 4.12. The second kappa shape index (κ2) is 6.30. The minimum absolute atomic E-state index is 0.121. The molecular formula is C18H17N3O2S2. The molecular weight excluding hydrogens is 354 g/mol. The van der Waals surface area contributed by atoms with Crippen molar-refractivity contribution in [3.63, 3.8) is 0 Å². The largest absolute Gasteiger partial charge is 0.295 e. The van der Waals surface area contributed by atoms with Crippen LogP contribution in [0, 0.1) is 17.2 Å². The van der Waals surface area contributed by atoms with Crippen LogP contribution in [0.2, 0.25) is 0 Å². The van der Waals surface area contributed by atoms with Gasteiger partial charge in [-0.05, 0) is 30.0 Å². The molecule has 1 aromatic carbocycles. The van der Waals surface area contributed by atoms with Crippen molar-refractivity contribution in [3.05, 3.63) is 64.5 Å². The van der Waals surface area contributed by atoms with E-state index >= 15 is 0 Å². The maximum atomic E-state index is 13.0. The van der Waals surface area contributed by atoms with Crippen molar-refractivity contribution < 1.29 is 8.42 Å². The first-order valence-electron chi connectivity index (χ1n) is 8.08. The summed E-state index contributed by atoms with van der Waals surface area (Å²) >= 11 is 1.70. The maximum absolute atomic E-state index is 13.0. The summed E-state index contributed by atoms with van der Waals surface area (Å²) in [6.07, 6.45) is 1.89. The van der Waals surface area contributed by atoms with E-state index in [2.05, 4.69) is 17.5 Å². The number of nitriles is 1. The standard InChI is InChI=1S/C18H17N3O2S2/c19-10-14-12-21(25(22,23)15-5-2-1-3-6-15)18-16(14)9-13(11-20-18)17-7-4-8-24-17/h1-8,12-13,16,18,20H,9,11H2. The summed E-state index contributed by atoms with van der Waals surface area (Å²) < 4.78 is 27.3. The smallest absolute Gasteiger partial charge is 0.265 e. The van der Waals surface area contributed by atoms with Crippen molar-refractivity contribution in [2.75, 3.05) is 6.54 Å². The molecule has 0 spiro atoms. The molecule has 3 heterocycles. The van der Waals surface area contributed by atoms with Gasteiger partial charge in [0.25, 0.3) is 10.0 Å². The van der Waals surface area contributed by atoms with Crippen molar-refractivity contribution in [2.45, 2.75) is 23.4 Å². The number of benzene rings is 1. The molecule has 1 fully saturated rings. The number of piperidine rings is 1. The summed E-state index contributed by atoms with van der Waals surface area (Å²) in [6, 6.07) is 14.7. The Morgan fingerprint density at radius 3 is 2.68 bits per heavy atom.